The Bertz CT molecular complexity index is 786. The van der Waals surface area contributed by atoms with Crippen molar-refractivity contribution in [2.24, 2.45) is 0 Å². The molecule has 3 aromatic rings. The van der Waals surface area contributed by atoms with Crippen LogP contribution in [0.1, 0.15) is 0 Å². The molecule has 1 aromatic carbocycles. The molecule has 0 N–H and O–H groups in total. The highest BCUT2D eigenvalue weighted by molar-refractivity contribution is 9.10. The molecule has 0 radical (unpaired) electrons. The van der Waals surface area contributed by atoms with Crippen LogP contribution in [0.5, 0.6) is 0 Å². The van der Waals surface area contributed by atoms with E-state index in [4.69, 9.17) is 0 Å². The van der Waals surface area contributed by atoms with E-state index < -0.39 is 4.92 Å². The Labute approximate surface area is 115 Å². The fourth-order valence-corrected chi connectivity index (χ4v) is 2.02. The molecule has 0 aliphatic heterocycles. The molecule has 0 fully saturated rings. The zero-order chi connectivity index (χ0) is 13.4. The molecule has 0 amide bonds. The monoisotopic (exact) mass is 319 g/mol. The van der Waals surface area contributed by atoms with Gasteiger partial charge in [-0.05, 0) is 15.9 Å². The maximum Gasteiger partial charge on any atom is 0.270 e. The molecular formula is C11H6BrN5O2. The van der Waals surface area contributed by atoms with Crippen molar-refractivity contribution in [1.29, 1.82) is 0 Å². The van der Waals surface area contributed by atoms with Gasteiger partial charge in [0, 0.05) is 17.7 Å². The number of rotatable bonds is 2. The third kappa shape index (κ3) is 2.06. The topological polar surface area (TPSA) is 86.2 Å². The SMILES string of the molecule is O=[N+]([O-])c1cccc(-c2cnn3c(Br)cnc3n2)c1. The molecule has 0 saturated heterocycles. The quantitative estimate of drug-likeness (QED) is 0.535. The van der Waals surface area contributed by atoms with Crippen LogP contribution < -0.4 is 0 Å². The van der Waals surface area contributed by atoms with Crippen LogP contribution in [0.2, 0.25) is 0 Å². The van der Waals surface area contributed by atoms with Crippen LogP contribution in [0.25, 0.3) is 17.0 Å². The molecule has 2 heterocycles. The molecule has 94 valence electrons. The van der Waals surface area contributed by atoms with Crippen molar-refractivity contribution in [3.8, 4) is 11.3 Å². The van der Waals surface area contributed by atoms with Crippen molar-refractivity contribution in [1.82, 2.24) is 19.6 Å². The highest BCUT2D eigenvalue weighted by Crippen LogP contribution is 2.22. The number of non-ortho nitro benzene ring substituents is 1. The zero-order valence-corrected chi connectivity index (χ0v) is 11.0. The minimum atomic E-state index is -0.443. The van der Waals surface area contributed by atoms with Crippen LogP contribution in [0, 0.1) is 10.1 Å². The number of aromatic nitrogens is 4. The number of halogens is 1. The Morgan fingerprint density at radius 3 is 2.95 bits per heavy atom. The summed E-state index contributed by atoms with van der Waals surface area (Å²) in [4.78, 5) is 18.7. The Morgan fingerprint density at radius 2 is 2.16 bits per heavy atom. The fourth-order valence-electron chi connectivity index (χ4n) is 1.67. The summed E-state index contributed by atoms with van der Waals surface area (Å²) in [5.74, 6) is 0.427. The zero-order valence-electron chi connectivity index (χ0n) is 9.39. The number of benzene rings is 1. The van der Waals surface area contributed by atoms with Gasteiger partial charge in [-0.25, -0.2) is 9.97 Å². The molecule has 7 nitrogen and oxygen atoms in total. The van der Waals surface area contributed by atoms with Gasteiger partial charge >= 0.3 is 0 Å². The van der Waals surface area contributed by atoms with Gasteiger partial charge in [-0.1, -0.05) is 12.1 Å². The number of fused-ring (bicyclic) bond motifs is 1. The number of hydrogen-bond acceptors (Lipinski definition) is 5. The van der Waals surface area contributed by atoms with E-state index in [2.05, 4.69) is 31.0 Å². The van der Waals surface area contributed by atoms with Crippen LogP contribution in [-0.4, -0.2) is 24.5 Å². The molecule has 0 bridgehead atoms. The van der Waals surface area contributed by atoms with E-state index in [1.54, 1.807) is 24.5 Å². The lowest BCUT2D eigenvalue weighted by Gasteiger charge is -2.01. The van der Waals surface area contributed by atoms with Crippen LogP contribution in [0.15, 0.2) is 41.3 Å². The van der Waals surface area contributed by atoms with E-state index >= 15 is 0 Å². The van der Waals surface area contributed by atoms with E-state index in [0.29, 0.717) is 21.6 Å². The summed E-state index contributed by atoms with van der Waals surface area (Å²) in [5, 5.41) is 14.9. The Kier molecular flexibility index (Phi) is 2.71. The molecule has 0 aliphatic carbocycles. The third-order valence-corrected chi connectivity index (χ3v) is 3.09. The maximum atomic E-state index is 10.7. The van der Waals surface area contributed by atoms with E-state index in [0.717, 1.165) is 0 Å². The number of nitrogens with zero attached hydrogens (tertiary/aromatic N) is 5. The summed E-state index contributed by atoms with van der Waals surface area (Å²) in [5.41, 5.74) is 1.18. The van der Waals surface area contributed by atoms with Crippen molar-refractivity contribution >= 4 is 27.4 Å². The van der Waals surface area contributed by atoms with E-state index in [1.807, 2.05) is 0 Å². The van der Waals surface area contributed by atoms with E-state index in [-0.39, 0.29) is 5.69 Å². The normalized spacial score (nSPS) is 10.8. The summed E-state index contributed by atoms with van der Waals surface area (Å²) in [6.07, 6.45) is 3.13. The standard InChI is InChI=1S/C11H6BrN5O2/c12-10-6-13-11-15-9(5-14-16(10)11)7-2-1-3-8(4-7)17(18)19/h1-6H. The number of imidazole rings is 1. The number of nitro benzene ring substituents is 1. The predicted molar refractivity (Wildman–Crippen MR) is 70.6 cm³/mol. The van der Waals surface area contributed by atoms with Gasteiger partial charge in [0.2, 0.25) is 0 Å². The first-order valence-corrected chi connectivity index (χ1v) is 6.05. The summed E-state index contributed by atoms with van der Waals surface area (Å²) in [6.45, 7) is 0. The Balaban J connectivity index is 2.13. The van der Waals surface area contributed by atoms with Crippen molar-refractivity contribution in [2.75, 3.05) is 0 Å². The summed E-state index contributed by atoms with van der Waals surface area (Å²) in [6, 6.07) is 6.24. The Hall–Kier alpha value is -2.35. The lowest BCUT2D eigenvalue weighted by molar-refractivity contribution is -0.384. The van der Waals surface area contributed by atoms with Gasteiger partial charge < -0.3 is 0 Å². The van der Waals surface area contributed by atoms with Gasteiger partial charge in [-0.2, -0.15) is 9.61 Å². The van der Waals surface area contributed by atoms with E-state index in [9.17, 15) is 10.1 Å². The highest BCUT2D eigenvalue weighted by atomic mass is 79.9. The molecule has 19 heavy (non-hydrogen) atoms. The van der Waals surface area contributed by atoms with Crippen molar-refractivity contribution in [2.45, 2.75) is 0 Å². The van der Waals surface area contributed by atoms with Gasteiger partial charge in [0.05, 0.1) is 23.0 Å². The predicted octanol–water partition coefficient (Wildman–Crippen LogP) is 2.46. The van der Waals surface area contributed by atoms with Gasteiger partial charge in [0.15, 0.2) is 0 Å². The summed E-state index contributed by atoms with van der Waals surface area (Å²) in [7, 11) is 0. The van der Waals surface area contributed by atoms with Crippen LogP contribution in [-0.2, 0) is 0 Å². The molecule has 8 heteroatoms. The second kappa shape index (κ2) is 4.39. The van der Waals surface area contributed by atoms with Crippen molar-refractivity contribution < 1.29 is 4.92 Å². The molecule has 0 atom stereocenters. The first-order valence-electron chi connectivity index (χ1n) is 5.26. The minimum Gasteiger partial charge on any atom is -0.258 e. The van der Waals surface area contributed by atoms with Crippen LogP contribution in [0.4, 0.5) is 5.69 Å². The lowest BCUT2D eigenvalue weighted by atomic mass is 10.1. The largest absolute Gasteiger partial charge is 0.270 e. The van der Waals surface area contributed by atoms with Crippen LogP contribution in [0.3, 0.4) is 0 Å². The maximum absolute atomic E-state index is 10.7. The van der Waals surface area contributed by atoms with Gasteiger partial charge in [0.1, 0.15) is 4.60 Å². The molecule has 2 aromatic heterocycles. The van der Waals surface area contributed by atoms with Crippen molar-refractivity contribution in [3.05, 3.63) is 51.4 Å². The lowest BCUT2D eigenvalue weighted by Crippen LogP contribution is -1.97. The molecule has 0 spiro atoms. The fraction of sp³-hybridized carbons (Fsp3) is 0. The van der Waals surface area contributed by atoms with Gasteiger partial charge in [-0.15, -0.1) is 0 Å². The van der Waals surface area contributed by atoms with Crippen LogP contribution >= 0.6 is 15.9 Å². The van der Waals surface area contributed by atoms with Gasteiger partial charge in [0.25, 0.3) is 11.5 Å². The molecule has 0 unspecified atom stereocenters. The number of hydrogen-bond donors (Lipinski definition) is 0. The first kappa shape index (κ1) is 11.7. The van der Waals surface area contributed by atoms with Crippen molar-refractivity contribution in [3.63, 3.8) is 0 Å². The smallest absolute Gasteiger partial charge is 0.258 e. The second-order valence-electron chi connectivity index (χ2n) is 3.74. The molecule has 0 saturated carbocycles. The minimum absolute atomic E-state index is 0.0173. The average molecular weight is 320 g/mol. The molecule has 3 rings (SSSR count). The Morgan fingerprint density at radius 1 is 1.32 bits per heavy atom. The number of nitro groups is 1. The summed E-state index contributed by atoms with van der Waals surface area (Å²) < 4.78 is 2.22. The van der Waals surface area contributed by atoms with Gasteiger partial charge in [-0.3, -0.25) is 10.1 Å². The molecule has 0 aliphatic rings. The highest BCUT2D eigenvalue weighted by Gasteiger charge is 2.10. The summed E-state index contributed by atoms with van der Waals surface area (Å²) >= 11 is 3.29. The van der Waals surface area contributed by atoms with E-state index in [1.165, 1.54) is 16.6 Å². The average Bonchev–Trinajstić information content (AvgIpc) is 2.80. The first-order chi connectivity index (χ1) is 9.15. The second-order valence-corrected chi connectivity index (χ2v) is 4.55. The third-order valence-electron chi connectivity index (χ3n) is 2.55. The molecular weight excluding hydrogens is 314 g/mol.